The summed E-state index contributed by atoms with van der Waals surface area (Å²) in [5, 5.41) is 7.36. The molecule has 0 radical (unpaired) electrons. The molecular weight excluding hydrogens is 260 g/mol. The van der Waals surface area contributed by atoms with E-state index in [9.17, 15) is 0 Å². The van der Waals surface area contributed by atoms with Crippen LogP contribution in [0.15, 0.2) is 48.8 Å². The summed E-state index contributed by atoms with van der Waals surface area (Å²) in [4.78, 5) is 4.48. The number of nitrogens with zero attached hydrogens (tertiary/aromatic N) is 3. The highest BCUT2D eigenvalue weighted by atomic mass is 35.5. The fraction of sp³-hybridized carbons (Fsp3) is 0.143. The number of anilines is 2. The number of halogens is 1. The van der Waals surface area contributed by atoms with Gasteiger partial charge in [-0.1, -0.05) is 18.2 Å². The Hall–Kier alpha value is -2.07. The van der Waals surface area contributed by atoms with Gasteiger partial charge in [-0.3, -0.25) is 0 Å². The molecule has 0 aliphatic rings. The largest absolute Gasteiger partial charge is 0.340 e. The fourth-order valence-corrected chi connectivity index (χ4v) is 2.17. The maximum absolute atomic E-state index is 6.18. The van der Waals surface area contributed by atoms with Crippen molar-refractivity contribution in [2.24, 2.45) is 0 Å². The second kappa shape index (κ2) is 4.90. The molecule has 0 saturated heterocycles. The van der Waals surface area contributed by atoms with Gasteiger partial charge in [-0.15, -0.1) is 11.6 Å². The van der Waals surface area contributed by atoms with Crippen LogP contribution in [0.5, 0.6) is 0 Å². The van der Waals surface area contributed by atoms with Gasteiger partial charge in [-0.25, -0.2) is 9.50 Å². The van der Waals surface area contributed by atoms with Crippen molar-refractivity contribution in [1.29, 1.82) is 0 Å². The van der Waals surface area contributed by atoms with Gasteiger partial charge in [0.1, 0.15) is 5.82 Å². The summed E-state index contributed by atoms with van der Waals surface area (Å²) >= 11 is 6.18. The minimum Gasteiger partial charge on any atom is -0.340 e. The molecule has 1 unspecified atom stereocenters. The van der Waals surface area contributed by atoms with E-state index in [2.05, 4.69) is 15.4 Å². The van der Waals surface area contributed by atoms with Crippen molar-refractivity contribution in [3.63, 3.8) is 0 Å². The number of benzene rings is 1. The van der Waals surface area contributed by atoms with Crippen molar-refractivity contribution in [3.05, 3.63) is 54.4 Å². The van der Waals surface area contributed by atoms with E-state index in [1.807, 2.05) is 49.5 Å². The van der Waals surface area contributed by atoms with E-state index < -0.39 is 0 Å². The Bertz CT molecular complexity index is 705. The Morgan fingerprint density at radius 3 is 2.89 bits per heavy atom. The molecular formula is C14H13ClN4. The third-order valence-electron chi connectivity index (χ3n) is 2.91. The molecule has 0 spiro atoms. The molecule has 0 aliphatic carbocycles. The lowest BCUT2D eigenvalue weighted by atomic mass is 10.1. The predicted molar refractivity (Wildman–Crippen MR) is 77.0 cm³/mol. The van der Waals surface area contributed by atoms with Crippen LogP contribution in [0.25, 0.3) is 5.65 Å². The predicted octanol–water partition coefficient (Wildman–Crippen LogP) is 3.77. The molecule has 1 aromatic carbocycles. The third-order valence-corrected chi connectivity index (χ3v) is 3.15. The van der Waals surface area contributed by atoms with Gasteiger partial charge in [-0.05, 0) is 24.6 Å². The van der Waals surface area contributed by atoms with Crippen molar-refractivity contribution in [2.45, 2.75) is 12.3 Å². The van der Waals surface area contributed by atoms with E-state index in [1.54, 1.807) is 10.7 Å². The van der Waals surface area contributed by atoms with E-state index in [4.69, 9.17) is 11.6 Å². The van der Waals surface area contributed by atoms with Crippen molar-refractivity contribution in [2.75, 3.05) is 5.32 Å². The van der Waals surface area contributed by atoms with Gasteiger partial charge in [0.25, 0.3) is 0 Å². The summed E-state index contributed by atoms with van der Waals surface area (Å²) in [5.41, 5.74) is 2.84. The van der Waals surface area contributed by atoms with Crippen molar-refractivity contribution >= 4 is 28.8 Å². The molecule has 5 heteroatoms. The molecule has 0 aliphatic heterocycles. The van der Waals surface area contributed by atoms with Crippen molar-refractivity contribution < 1.29 is 0 Å². The van der Waals surface area contributed by atoms with Gasteiger partial charge >= 0.3 is 0 Å². The number of nitrogens with one attached hydrogen (secondary N) is 1. The zero-order valence-corrected chi connectivity index (χ0v) is 11.2. The van der Waals surface area contributed by atoms with Gasteiger partial charge in [0.05, 0.1) is 11.6 Å². The standard InChI is InChI=1S/C14H13ClN4/c1-10(15)11-4-2-3-5-12(11)17-13-7-9-19-14(18-13)6-8-16-19/h2-10H,1H3,(H,17,18). The van der Waals surface area contributed by atoms with Crippen LogP contribution in [0.2, 0.25) is 0 Å². The number of fused-ring (bicyclic) bond motifs is 1. The van der Waals surface area contributed by atoms with E-state index in [1.165, 1.54) is 0 Å². The van der Waals surface area contributed by atoms with Crippen LogP contribution in [0.3, 0.4) is 0 Å². The molecule has 3 rings (SSSR count). The van der Waals surface area contributed by atoms with Crippen LogP contribution in [0, 0.1) is 0 Å². The lowest BCUT2D eigenvalue weighted by Crippen LogP contribution is -2.00. The van der Waals surface area contributed by atoms with Crippen LogP contribution in [-0.4, -0.2) is 14.6 Å². The molecule has 4 nitrogen and oxygen atoms in total. The number of rotatable bonds is 3. The number of hydrogen-bond acceptors (Lipinski definition) is 3. The Labute approximate surface area is 116 Å². The van der Waals surface area contributed by atoms with Crippen molar-refractivity contribution in [1.82, 2.24) is 14.6 Å². The molecule has 2 heterocycles. The summed E-state index contributed by atoms with van der Waals surface area (Å²) in [6.45, 7) is 1.95. The maximum Gasteiger partial charge on any atom is 0.157 e. The average Bonchev–Trinajstić information content (AvgIpc) is 2.86. The molecule has 19 heavy (non-hydrogen) atoms. The van der Waals surface area contributed by atoms with E-state index in [0.717, 1.165) is 22.7 Å². The van der Waals surface area contributed by atoms with Crippen LogP contribution in [0.1, 0.15) is 17.9 Å². The number of aromatic nitrogens is 3. The van der Waals surface area contributed by atoms with Crippen LogP contribution in [-0.2, 0) is 0 Å². The summed E-state index contributed by atoms with van der Waals surface area (Å²) in [6.07, 6.45) is 3.60. The zero-order chi connectivity index (χ0) is 13.2. The van der Waals surface area contributed by atoms with E-state index >= 15 is 0 Å². The highest BCUT2D eigenvalue weighted by Gasteiger charge is 2.08. The molecule has 2 aromatic heterocycles. The first-order chi connectivity index (χ1) is 9.24. The van der Waals surface area contributed by atoms with Gasteiger partial charge in [0, 0.05) is 18.0 Å². The molecule has 96 valence electrons. The highest BCUT2D eigenvalue weighted by Crippen LogP contribution is 2.28. The van der Waals surface area contributed by atoms with Crippen LogP contribution < -0.4 is 5.32 Å². The molecule has 0 saturated carbocycles. The normalized spacial score (nSPS) is 12.5. The Balaban J connectivity index is 1.96. The quantitative estimate of drug-likeness (QED) is 0.738. The monoisotopic (exact) mass is 272 g/mol. The Morgan fingerprint density at radius 1 is 1.21 bits per heavy atom. The first kappa shape index (κ1) is 12.0. The Morgan fingerprint density at radius 2 is 2.05 bits per heavy atom. The lowest BCUT2D eigenvalue weighted by Gasteiger charge is -2.12. The molecule has 3 aromatic rings. The second-order valence-electron chi connectivity index (χ2n) is 4.28. The first-order valence-electron chi connectivity index (χ1n) is 6.04. The highest BCUT2D eigenvalue weighted by molar-refractivity contribution is 6.21. The summed E-state index contributed by atoms with van der Waals surface area (Å²) in [5.74, 6) is 0.776. The van der Waals surface area contributed by atoms with Crippen LogP contribution in [0.4, 0.5) is 11.5 Å². The minimum absolute atomic E-state index is 0.0533. The van der Waals surface area contributed by atoms with Gasteiger partial charge in [-0.2, -0.15) is 5.10 Å². The topological polar surface area (TPSA) is 42.2 Å². The van der Waals surface area contributed by atoms with E-state index in [0.29, 0.717) is 0 Å². The molecule has 1 atom stereocenters. The van der Waals surface area contributed by atoms with Gasteiger partial charge in [0.2, 0.25) is 0 Å². The average molecular weight is 273 g/mol. The molecule has 0 bridgehead atoms. The van der Waals surface area contributed by atoms with Gasteiger partial charge < -0.3 is 5.32 Å². The smallest absolute Gasteiger partial charge is 0.157 e. The lowest BCUT2D eigenvalue weighted by molar-refractivity contribution is 0.940. The third kappa shape index (κ3) is 2.39. The zero-order valence-electron chi connectivity index (χ0n) is 10.4. The first-order valence-corrected chi connectivity index (χ1v) is 6.48. The number of alkyl halides is 1. The second-order valence-corrected chi connectivity index (χ2v) is 4.93. The minimum atomic E-state index is -0.0533. The summed E-state index contributed by atoms with van der Waals surface area (Å²) < 4.78 is 1.72. The van der Waals surface area contributed by atoms with Crippen LogP contribution >= 0.6 is 11.6 Å². The molecule has 1 N–H and O–H groups in total. The van der Waals surface area contributed by atoms with Crippen molar-refractivity contribution in [3.8, 4) is 0 Å². The molecule has 0 fully saturated rings. The Kier molecular flexibility index (Phi) is 3.09. The molecule has 0 amide bonds. The SMILES string of the molecule is CC(Cl)c1ccccc1Nc1ccn2nccc2n1. The fourth-order valence-electron chi connectivity index (χ4n) is 1.98. The summed E-state index contributed by atoms with van der Waals surface area (Å²) in [7, 11) is 0. The van der Waals surface area contributed by atoms with E-state index in [-0.39, 0.29) is 5.38 Å². The summed E-state index contributed by atoms with van der Waals surface area (Å²) in [6, 6.07) is 11.7. The van der Waals surface area contributed by atoms with Gasteiger partial charge in [0.15, 0.2) is 5.65 Å². The number of para-hydroxylation sites is 1. The maximum atomic E-state index is 6.18. The number of hydrogen-bond donors (Lipinski definition) is 1.